The predicted molar refractivity (Wildman–Crippen MR) is 148 cm³/mol. The molecular formula is C27H28Cl2FN3O4S. The van der Waals surface area contributed by atoms with E-state index < -0.39 is 34.3 Å². The number of hydrogen-bond donors (Lipinski definition) is 1. The summed E-state index contributed by atoms with van der Waals surface area (Å²) < 4.78 is 40.0. The van der Waals surface area contributed by atoms with Crippen LogP contribution in [0.5, 0.6) is 0 Å². The van der Waals surface area contributed by atoms with E-state index in [1.165, 1.54) is 11.0 Å². The van der Waals surface area contributed by atoms with E-state index in [0.29, 0.717) is 17.1 Å². The van der Waals surface area contributed by atoms with Crippen LogP contribution in [-0.4, -0.2) is 50.5 Å². The fraction of sp³-hybridized carbons (Fsp3) is 0.259. The van der Waals surface area contributed by atoms with Crippen LogP contribution in [0.4, 0.5) is 10.1 Å². The molecule has 0 radical (unpaired) electrons. The fourth-order valence-corrected chi connectivity index (χ4v) is 5.16. The highest BCUT2D eigenvalue weighted by molar-refractivity contribution is 7.92. The van der Waals surface area contributed by atoms with Gasteiger partial charge in [-0.25, -0.2) is 12.8 Å². The first kappa shape index (κ1) is 29.4. The molecule has 0 fully saturated rings. The van der Waals surface area contributed by atoms with Gasteiger partial charge < -0.3 is 10.2 Å². The zero-order valence-corrected chi connectivity index (χ0v) is 23.2. The minimum Gasteiger partial charge on any atom is -0.355 e. The van der Waals surface area contributed by atoms with Crippen LogP contribution in [0.15, 0.2) is 72.8 Å². The number of rotatable bonds is 11. The maximum absolute atomic E-state index is 13.9. The molecule has 0 aliphatic heterocycles. The molecule has 0 spiro atoms. The number of halogens is 3. The number of anilines is 1. The molecular weight excluding hydrogens is 552 g/mol. The van der Waals surface area contributed by atoms with E-state index in [1.54, 1.807) is 31.2 Å². The van der Waals surface area contributed by atoms with Crippen LogP contribution in [0.1, 0.15) is 18.1 Å². The average molecular weight is 581 g/mol. The standard InChI is InChI=1S/C27H28Cl2FN3O4S/c1-3-31-27(35)25(15-19-8-5-4-6-9-19)32(17-20-10-7-11-21(28)14-20)26(34)18-33(38(2,36)37)22-12-13-24(30)23(29)16-22/h4-14,16,25H,3,15,17-18H2,1-2H3,(H,31,35)/t25-/m0/s1. The molecule has 3 aromatic carbocycles. The highest BCUT2D eigenvalue weighted by atomic mass is 35.5. The fourth-order valence-electron chi connectivity index (χ4n) is 3.93. The van der Waals surface area contributed by atoms with E-state index >= 15 is 0 Å². The molecule has 7 nitrogen and oxygen atoms in total. The third-order valence-electron chi connectivity index (χ3n) is 5.73. The molecule has 0 unspecified atom stereocenters. The van der Waals surface area contributed by atoms with Gasteiger partial charge in [0.1, 0.15) is 18.4 Å². The van der Waals surface area contributed by atoms with Crippen molar-refractivity contribution in [1.82, 2.24) is 10.2 Å². The Labute approximate surface area is 232 Å². The van der Waals surface area contributed by atoms with Crippen LogP contribution in [0.2, 0.25) is 10.0 Å². The molecule has 0 saturated heterocycles. The molecule has 0 aliphatic rings. The lowest BCUT2D eigenvalue weighted by molar-refractivity contribution is -0.140. The SMILES string of the molecule is CCNC(=O)[C@H](Cc1ccccc1)N(Cc1cccc(Cl)c1)C(=O)CN(c1ccc(F)c(Cl)c1)S(C)(=O)=O. The maximum atomic E-state index is 13.9. The summed E-state index contributed by atoms with van der Waals surface area (Å²) in [6.45, 7) is 1.47. The van der Waals surface area contributed by atoms with Gasteiger partial charge in [-0.15, -0.1) is 0 Å². The molecule has 3 aromatic rings. The smallest absolute Gasteiger partial charge is 0.244 e. The van der Waals surface area contributed by atoms with Crippen LogP contribution in [0, 0.1) is 5.82 Å². The Balaban J connectivity index is 2.05. The Hall–Kier alpha value is -3.14. The van der Waals surface area contributed by atoms with E-state index in [4.69, 9.17) is 23.2 Å². The largest absolute Gasteiger partial charge is 0.355 e. The van der Waals surface area contributed by atoms with Gasteiger partial charge >= 0.3 is 0 Å². The van der Waals surface area contributed by atoms with E-state index in [0.717, 1.165) is 28.3 Å². The third kappa shape index (κ3) is 7.93. The van der Waals surface area contributed by atoms with Gasteiger partial charge in [0, 0.05) is 24.5 Å². The number of benzene rings is 3. The van der Waals surface area contributed by atoms with Crippen molar-refractivity contribution in [2.24, 2.45) is 0 Å². The first-order chi connectivity index (χ1) is 18.0. The normalized spacial score (nSPS) is 12.0. The summed E-state index contributed by atoms with van der Waals surface area (Å²) in [5.74, 6) is -1.75. The van der Waals surface area contributed by atoms with Crippen molar-refractivity contribution >= 4 is 50.7 Å². The Morgan fingerprint density at radius 3 is 2.26 bits per heavy atom. The van der Waals surface area contributed by atoms with Crippen molar-refractivity contribution < 1.29 is 22.4 Å². The summed E-state index contributed by atoms with van der Waals surface area (Å²) in [4.78, 5) is 28.5. The lowest BCUT2D eigenvalue weighted by Gasteiger charge is -2.33. The first-order valence-corrected chi connectivity index (χ1v) is 14.4. The lowest BCUT2D eigenvalue weighted by Crippen LogP contribution is -2.53. The molecule has 202 valence electrons. The molecule has 2 amide bonds. The third-order valence-corrected chi connectivity index (χ3v) is 7.40. The average Bonchev–Trinajstić information content (AvgIpc) is 2.86. The minimum atomic E-state index is -3.99. The van der Waals surface area contributed by atoms with E-state index in [-0.39, 0.29) is 29.6 Å². The van der Waals surface area contributed by atoms with Crippen molar-refractivity contribution in [3.63, 3.8) is 0 Å². The molecule has 11 heteroatoms. The molecule has 3 rings (SSSR count). The van der Waals surface area contributed by atoms with Crippen molar-refractivity contribution in [3.05, 3.63) is 99.8 Å². The van der Waals surface area contributed by atoms with E-state index in [1.807, 2.05) is 30.3 Å². The summed E-state index contributed by atoms with van der Waals surface area (Å²) in [7, 11) is -3.99. The second-order valence-electron chi connectivity index (χ2n) is 8.62. The number of hydrogen-bond acceptors (Lipinski definition) is 4. The van der Waals surface area contributed by atoms with Gasteiger partial charge in [0.15, 0.2) is 0 Å². The van der Waals surface area contributed by atoms with Crippen LogP contribution in [0.3, 0.4) is 0 Å². The minimum absolute atomic E-state index is 0.00416. The number of sulfonamides is 1. The van der Waals surface area contributed by atoms with Crippen molar-refractivity contribution in [1.29, 1.82) is 0 Å². The summed E-state index contributed by atoms with van der Waals surface area (Å²) in [5.41, 5.74) is 1.49. The Morgan fingerprint density at radius 1 is 0.974 bits per heavy atom. The quantitative estimate of drug-likeness (QED) is 0.357. The lowest BCUT2D eigenvalue weighted by atomic mass is 10.0. The van der Waals surface area contributed by atoms with Gasteiger partial charge in [0.05, 0.1) is 17.0 Å². The zero-order valence-electron chi connectivity index (χ0n) is 20.9. The summed E-state index contributed by atoms with van der Waals surface area (Å²) >= 11 is 12.1. The van der Waals surface area contributed by atoms with Crippen LogP contribution in [-0.2, 0) is 32.6 Å². The van der Waals surface area contributed by atoms with Crippen molar-refractivity contribution in [2.75, 3.05) is 23.7 Å². The van der Waals surface area contributed by atoms with E-state index in [9.17, 15) is 22.4 Å². The van der Waals surface area contributed by atoms with Crippen molar-refractivity contribution in [3.8, 4) is 0 Å². The molecule has 0 heterocycles. The molecule has 1 N–H and O–H groups in total. The Morgan fingerprint density at radius 2 is 1.66 bits per heavy atom. The van der Waals surface area contributed by atoms with Gasteiger partial charge in [0.2, 0.25) is 21.8 Å². The zero-order chi connectivity index (χ0) is 27.9. The van der Waals surface area contributed by atoms with Crippen LogP contribution >= 0.6 is 23.2 Å². The number of carbonyl (C=O) groups excluding carboxylic acids is 2. The second kappa shape index (κ2) is 13.1. The topological polar surface area (TPSA) is 86.8 Å². The molecule has 0 aromatic heterocycles. The Kier molecular flexibility index (Phi) is 10.1. The van der Waals surface area contributed by atoms with Gasteiger partial charge in [0.25, 0.3) is 0 Å². The van der Waals surface area contributed by atoms with Gasteiger partial charge in [-0.2, -0.15) is 0 Å². The number of likely N-dealkylation sites (N-methyl/N-ethyl adjacent to an activating group) is 1. The predicted octanol–water partition coefficient (Wildman–Crippen LogP) is 4.67. The van der Waals surface area contributed by atoms with Crippen molar-refractivity contribution in [2.45, 2.75) is 25.9 Å². The second-order valence-corrected chi connectivity index (χ2v) is 11.4. The summed E-state index contributed by atoms with van der Waals surface area (Å²) in [6, 6.07) is 18.5. The summed E-state index contributed by atoms with van der Waals surface area (Å²) in [5, 5.41) is 2.94. The van der Waals surface area contributed by atoms with E-state index in [2.05, 4.69) is 5.32 Å². The molecule has 0 aliphatic carbocycles. The van der Waals surface area contributed by atoms with Gasteiger partial charge in [-0.1, -0.05) is 65.7 Å². The monoisotopic (exact) mass is 579 g/mol. The molecule has 0 bridgehead atoms. The maximum Gasteiger partial charge on any atom is 0.244 e. The molecule has 38 heavy (non-hydrogen) atoms. The molecule has 1 atom stereocenters. The highest BCUT2D eigenvalue weighted by Crippen LogP contribution is 2.25. The molecule has 0 saturated carbocycles. The first-order valence-electron chi connectivity index (χ1n) is 11.8. The van der Waals surface area contributed by atoms with Crippen LogP contribution < -0.4 is 9.62 Å². The highest BCUT2D eigenvalue weighted by Gasteiger charge is 2.33. The number of amides is 2. The van der Waals surface area contributed by atoms with Gasteiger partial charge in [-0.3, -0.25) is 13.9 Å². The number of carbonyl (C=O) groups is 2. The Bertz CT molecular complexity index is 1390. The number of nitrogens with zero attached hydrogens (tertiary/aromatic N) is 2. The number of nitrogens with one attached hydrogen (secondary N) is 1. The summed E-state index contributed by atoms with van der Waals surface area (Å²) in [6.07, 6.45) is 1.13. The van der Waals surface area contributed by atoms with Crippen LogP contribution in [0.25, 0.3) is 0 Å². The van der Waals surface area contributed by atoms with Gasteiger partial charge in [-0.05, 0) is 48.4 Å².